The van der Waals surface area contributed by atoms with Crippen LogP contribution in [-0.2, 0) is 0 Å². The number of fused-ring (bicyclic) bond motifs is 1. The summed E-state index contributed by atoms with van der Waals surface area (Å²) in [5.41, 5.74) is 3.73. The maximum atomic E-state index is 11.0. The Labute approximate surface area is 111 Å². The largest absolute Gasteiger partial charge is 0.294 e. The second-order valence-corrected chi connectivity index (χ2v) is 4.43. The summed E-state index contributed by atoms with van der Waals surface area (Å²) < 4.78 is 0. The van der Waals surface area contributed by atoms with E-state index in [1.54, 1.807) is 0 Å². The van der Waals surface area contributed by atoms with Gasteiger partial charge in [0.1, 0.15) is 0 Å². The van der Waals surface area contributed by atoms with E-state index in [0.29, 0.717) is 6.29 Å². The van der Waals surface area contributed by atoms with Crippen LogP contribution in [0.25, 0.3) is 22.2 Å². The number of nitrogens with zero attached hydrogens (tertiary/aromatic N) is 2. The fourth-order valence-electron chi connectivity index (χ4n) is 2.13. The molecular formula is C16H12N2O. The molecule has 0 aliphatic rings. The van der Waals surface area contributed by atoms with Gasteiger partial charge in [0.15, 0.2) is 12.1 Å². The van der Waals surface area contributed by atoms with Gasteiger partial charge in [0, 0.05) is 10.9 Å². The maximum absolute atomic E-state index is 11.0. The first kappa shape index (κ1) is 11.5. The SMILES string of the molecule is Cc1ccc2nc(C=O)nc(-c3ccccc3)c2c1. The molecule has 0 bridgehead atoms. The van der Waals surface area contributed by atoms with Crippen molar-refractivity contribution < 1.29 is 4.79 Å². The Balaban J connectivity index is 2.38. The topological polar surface area (TPSA) is 42.9 Å². The zero-order valence-corrected chi connectivity index (χ0v) is 10.5. The maximum Gasteiger partial charge on any atom is 0.193 e. The van der Waals surface area contributed by atoms with Crippen molar-refractivity contribution in [2.75, 3.05) is 0 Å². The lowest BCUT2D eigenvalue weighted by molar-refractivity contribution is 0.111. The van der Waals surface area contributed by atoms with Gasteiger partial charge in [0.2, 0.25) is 0 Å². The van der Waals surface area contributed by atoms with Crippen LogP contribution in [0.3, 0.4) is 0 Å². The van der Waals surface area contributed by atoms with Gasteiger partial charge in [-0.25, -0.2) is 9.97 Å². The van der Waals surface area contributed by atoms with Crippen LogP contribution in [0, 0.1) is 6.92 Å². The highest BCUT2D eigenvalue weighted by molar-refractivity contribution is 5.94. The standard InChI is InChI=1S/C16H12N2O/c1-11-7-8-14-13(9-11)16(18-15(10-19)17-14)12-5-3-2-4-6-12/h2-10H,1H3. The Hall–Kier alpha value is -2.55. The van der Waals surface area contributed by atoms with Gasteiger partial charge in [-0.2, -0.15) is 0 Å². The van der Waals surface area contributed by atoms with Crippen LogP contribution < -0.4 is 0 Å². The fraction of sp³-hybridized carbons (Fsp3) is 0.0625. The Bertz CT molecular complexity index is 751. The smallest absolute Gasteiger partial charge is 0.193 e. The molecule has 0 fully saturated rings. The fourth-order valence-corrected chi connectivity index (χ4v) is 2.13. The summed E-state index contributed by atoms with van der Waals surface area (Å²) >= 11 is 0. The Morgan fingerprint density at radius 1 is 1.00 bits per heavy atom. The predicted molar refractivity (Wildman–Crippen MR) is 75.1 cm³/mol. The summed E-state index contributed by atoms with van der Waals surface area (Å²) in [5, 5.41) is 0.969. The summed E-state index contributed by atoms with van der Waals surface area (Å²) in [6, 6.07) is 15.8. The van der Waals surface area contributed by atoms with Crippen LogP contribution >= 0.6 is 0 Å². The van der Waals surface area contributed by atoms with Crippen molar-refractivity contribution in [1.82, 2.24) is 9.97 Å². The van der Waals surface area contributed by atoms with Crippen molar-refractivity contribution in [1.29, 1.82) is 0 Å². The molecule has 3 aromatic rings. The molecule has 0 aliphatic carbocycles. The Morgan fingerprint density at radius 2 is 1.79 bits per heavy atom. The third kappa shape index (κ3) is 2.10. The third-order valence-corrected chi connectivity index (χ3v) is 3.02. The van der Waals surface area contributed by atoms with E-state index in [4.69, 9.17) is 0 Å². The monoisotopic (exact) mass is 248 g/mol. The lowest BCUT2D eigenvalue weighted by Crippen LogP contribution is -1.97. The summed E-state index contributed by atoms with van der Waals surface area (Å²) in [7, 11) is 0. The van der Waals surface area contributed by atoms with Crippen LogP contribution in [0.5, 0.6) is 0 Å². The second kappa shape index (κ2) is 4.61. The van der Waals surface area contributed by atoms with E-state index in [-0.39, 0.29) is 5.82 Å². The normalized spacial score (nSPS) is 10.6. The van der Waals surface area contributed by atoms with E-state index in [1.165, 1.54) is 0 Å². The molecule has 2 aromatic carbocycles. The highest BCUT2D eigenvalue weighted by Gasteiger charge is 2.09. The number of aldehydes is 1. The number of hydrogen-bond acceptors (Lipinski definition) is 3. The molecule has 0 unspecified atom stereocenters. The van der Waals surface area contributed by atoms with Gasteiger partial charge in [-0.1, -0.05) is 42.0 Å². The minimum atomic E-state index is 0.218. The first-order valence-corrected chi connectivity index (χ1v) is 6.07. The lowest BCUT2D eigenvalue weighted by atomic mass is 10.0. The molecule has 0 amide bonds. The van der Waals surface area contributed by atoms with Gasteiger partial charge in [-0.15, -0.1) is 0 Å². The molecule has 0 radical (unpaired) electrons. The van der Waals surface area contributed by atoms with Crippen LogP contribution in [0.15, 0.2) is 48.5 Å². The Morgan fingerprint density at radius 3 is 2.53 bits per heavy atom. The summed E-state index contributed by atoms with van der Waals surface area (Å²) in [6.07, 6.45) is 0.686. The molecule has 3 rings (SSSR count). The molecule has 1 aromatic heterocycles. The first-order valence-electron chi connectivity index (χ1n) is 6.07. The van der Waals surface area contributed by atoms with E-state index >= 15 is 0 Å². The van der Waals surface area contributed by atoms with Crippen LogP contribution in [-0.4, -0.2) is 16.3 Å². The van der Waals surface area contributed by atoms with Gasteiger partial charge in [0.25, 0.3) is 0 Å². The van der Waals surface area contributed by atoms with Gasteiger partial charge in [-0.05, 0) is 19.1 Å². The molecule has 0 atom stereocenters. The Kier molecular flexibility index (Phi) is 2.80. The number of rotatable bonds is 2. The highest BCUT2D eigenvalue weighted by atomic mass is 16.1. The van der Waals surface area contributed by atoms with E-state index in [2.05, 4.69) is 9.97 Å². The van der Waals surface area contributed by atoms with Gasteiger partial charge < -0.3 is 0 Å². The van der Waals surface area contributed by atoms with Crippen molar-refractivity contribution in [2.24, 2.45) is 0 Å². The zero-order valence-electron chi connectivity index (χ0n) is 10.5. The van der Waals surface area contributed by atoms with E-state index < -0.39 is 0 Å². The number of carbonyl (C=O) groups excluding carboxylic acids is 1. The number of aromatic nitrogens is 2. The highest BCUT2D eigenvalue weighted by Crippen LogP contribution is 2.26. The molecule has 1 heterocycles. The molecule has 0 aliphatic heterocycles. The average molecular weight is 248 g/mol. The first-order chi connectivity index (χ1) is 9.28. The van der Waals surface area contributed by atoms with Crippen LogP contribution in [0.2, 0.25) is 0 Å². The second-order valence-electron chi connectivity index (χ2n) is 4.43. The summed E-state index contributed by atoms with van der Waals surface area (Å²) in [6.45, 7) is 2.03. The number of benzene rings is 2. The van der Waals surface area contributed by atoms with Crippen molar-refractivity contribution in [2.45, 2.75) is 6.92 Å². The molecule has 3 nitrogen and oxygen atoms in total. The average Bonchev–Trinajstić information content (AvgIpc) is 2.47. The number of aryl methyl sites for hydroxylation is 1. The molecule has 0 saturated heterocycles. The van der Waals surface area contributed by atoms with Crippen molar-refractivity contribution in [3.8, 4) is 11.3 Å². The van der Waals surface area contributed by atoms with Crippen LogP contribution in [0.4, 0.5) is 0 Å². The van der Waals surface area contributed by atoms with Crippen molar-refractivity contribution in [3.63, 3.8) is 0 Å². The summed E-state index contributed by atoms with van der Waals surface area (Å²) in [4.78, 5) is 19.6. The number of carbonyl (C=O) groups is 1. The molecule has 3 heteroatoms. The van der Waals surface area contributed by atoms with Gasteiger partial charge in [-0.3, -0.25) is 4.79 Å². The molecular weight excluding hydrogens is 236 g/mol. The van der Waals surface area contributed by atoms with E-state index in [9.17, 15) is 4.79 Å². The molecule has 0 saturated carbocycles. The predicted octanol–water partition coefficient (Wildman–Crippen LogP) is 3.42. The van der Waals surface area contributed by atoms with Crippen molar-refractivity contribution >= 4 is 17.2 Å². The molecule has 92 valence electrons. The van der Waals surface area contributed by atoms with E-state index in [1.807, 2.05) is 55.5 Å². The van der Waals surface area contributed by atoms with Gasteiger partial charge in [0.05, 0.1) is 11.2 Å². The molecule has 19 heavy (non-hydrogen) atoms. The quantitative estimate of drug-likeness (QED) is 0.653. The van der Waals surface area contributed by atoms with Crippen molar-refractivity contribution in [3.05, 3.63) is 59.9 Å². The lowest BCUT2D eigenvalue weighted by Gasteiger charge is -2.07. The minimum absolute atomic E-state index is 0.218. The zero-order chi connectivity index (χ0) is 13.2. The van der Waals surface area contributed by atoms with Crippen LogP contribution in [0.1, 0.15) is 16.2 Å². The van der Waals surface area contributed by atoms with Gasteiger partial charge >= 0.3 is 0 Å². The van der Waals surface area contributed by atoms with E-state index in [0.717, 1.165) is 27.7 Å². The third-order valence-electron chi connectivity index (χ3n) is 3.02. The minimum Gasteiger partial charge on any atom is -0.294 e. The molecule has 0 spiro atoms. The number of hydrogen-bond donors (Lipinski definition) is 0. The summed E-state index contributed by atoms with van der Waals surface area (Å²) in [5.74, 6) is 0.218. The molecule has 0 N–H and O–H groups in total.